The van der Waals surface area contributed by atoms with Gasteiger partial charge in [0.25, 0.3) is 5.56 Å². The monoisotopic (exact) mass is 362 g/mol. The van der Waals surface area contributed by atoms with E-state index in [9.17, 15) is 22.8 Å². The van der Waals surface area contributed by atoms with Crippen LogP contribution in [0.4, 0.5) is 13.2 Å². The van der Waals surface area contributed by atoms with Crippen molar-refractivity contribution in [3.05, 3.63) is 64.1 Å². The van der Waals surface area contributed by atoms with E-state index in [2.05, 4.69) is 14.7 Å². The van der Waals surface area contributed by atoms with Gasteiger partial charge in [0.15, 0.2) is 0 Å². The van der Waals surface area contributed by atoms with E-state index in [0.717, 1.165) is 6.07 Å². The highest BCUT2D eigenvalue weighted by atomic mass is 19.4. The van der Waals surface area contributed by atoms with E-state index >= 15 is 0 Å². The topological polar surface area (TPSA) is 72.0 Å². The largest absolute Gasteiger partial charge is 0.461 e. The van der Waals surface area contributed by atoms with Gasteiger partial charge in [-0.15, -0.1) is 0 Å². The van der Waals surface area contributed by atoms with Crippen LogP contribution in [0.5, 0.6) is 0 Å². The third-order valence-electron chi connectivity index (χ3n) is 3.68. The van der Waals surface area contributed by atoms with Crippen molar-refractivity contribution in [1.29, 1.82) is 0 Å². The fourth-order valence-corrected chi connectivity index (χ4v) is 2.55. The summed E-state index contributed by atoms with van der Waals surface area (Å²) in [5, 5.41) is 0. The number of rotatable bonds is 3. The molecular weight excluding hydrogens is 349 g/mol. The summed E-state index contributed by atoms with van der Waals surface area (Å²) in [4.78, 5) is 29.8. The van der Waals surface area contributed by atoms with E-state index in [1.54, 1.807) is 30.3 Å². The lowest BCUT2D eigenvalue weighted by atomic mass is 10.0. The summed E-state index contributed by atoms with van der Waals surface area (Å²) in [7, 11) is 0. The second-order valence-corrected chi connectivity index (χ2v) is 5.42. The van der Waals surface area contributed by atoms with Gasteiger partial charge >= 0.3 is 12.1 Å². The number of aromatic amines is 1. The maximum atomic E-state index is 13.5. The van der Waals surface area contributed by atoms with Crippen molar-refractivity contribution in [3.63, 3.8) is 0 Å². The average Bonchev–Trinajstić information content (AvgIpc) is 2.60. The maximum Gasteiger partial charge on any atom is 0.418 e. The summed E-state index contributed by atoms with van der Waals surface area (Å²) in [5.41, 5.74) is -2.47. The van der Waals surface area contributed by atoms with Gasteiger partial charge in [-0.1, -0.05) is 30.3 Å². The molecule has 5 nitrogen and oxygen atoms in total. The van der Waals surface area contributed by atoms with E-state index < -0.39 is 34.5 Å². The Kier molecular flexibility index (Phi) is 4.50. The zero-order valence-electron chi connectivity index (χ0n) is 13.6. The number of hydrogen-bond donors (Lipinski definition) is 1. The van der Waals surface area contributed by atoms with Gasteiger partial charge in [0, 0.05) is 0 Å². The normalized spacial score (nSPS) is 11.5. The smallest absolute Gasteiger partial charge is 0.418 e. The van der Waals surface area contributed by atoms with Crippen LogP contribution in [0.15, 0.2) is 47.3 Å². The molecule has 26 heavy (non-hydrogen) atoms. The Morgan fingerprint density at radius 1 is 1.15 bits per heavy atom. The van der Waals surface area contributed by atoms with Crippen LogP contribution in [-0.2, 0) is 10.9 Å². The first kappa shape index (κ1) is 17.7. The summed E-state index contributed by atoms with van der Waals surface area (Å²) in [6.07, 6.45) is -4.72. The van der Waals surface area contributed by atoms with Crippen molar-refractivity contribution in [2.45, 2.75) is 13.1 Å². The number of carbonyl (C=O) groups excluding carboxylic acids is 1. The number of benzene rings is 2. The molecule has 134 valence electrons. The predicted molar refractivity (Wildman–Crippen MR) is 88.8 cm³/mol. The highest BCUT2D eigenvalue weighted by molar-refractivity contribution is 5.91. The molecule has 0 radical (unpaired) electrons. The third kappa shape index (κ3) is 3.30. The van der Waals surface area contributed by atoms with E-state index in [1.165, 1.54) is 13.0 Å². The van der Waals surface area contributed by atoms with Crippen molar-refractivity contribution in [1.82, 2.24) is 9.97 Å². The molecule has 8 heteroatoms. The minimum Gasteiger partial charge on any atom is -0.461 e. The van der Waals surface area contributed by atoms with Crippen molar-refractivity contribution in [3.8, 4) is 11.1 Å². The molecule has 0 fully saturated rings. The standard InChI is InChI=1S/C18H13F3N2O3/c1-2-26-17(25)15-16(24)22-13-9-11(10-6-4-3-5-7-10)8-12(14(13)23-15)18(19,20)21/h3-9H,2H2,1H3,(H,22,24). The minimum atomic E-state index is -4.72. The number of esters is 1. The van der Waals surface area contributed by atoms with Crippen LogP contribution in [0, 0.1) is 0 Å². The quantitative estimate of drug-likeness (QED) is 0.720. The zero-order valence-corrected chi connectivity index (χ0v) is 13.6. The lowest BCUT2D eigenvalue weighted by Crippen LogP contribution is -2.23. The van der Waals surface area contributed by atoms with Crippen LogP contribution >= 0.6 is 0 Å². The predicted octanol–water partition coefficient (Wildman–Crippen LogP) is 3.79. The molecule has 2 aromatic carbocycles. The Morgan fingerprint density at radius 2 is 1.85 bits per heavy atom. The molecule has 0 bridgehead atoms. The van der Waals surface area contributed by atoms with Gasteiger partial charge in [-0.2, -0.15) is 13.2 Å². The first-order valence-corrected chi connectivity index (χ1v) is 7.69. The number of aromatic nitrogens is 2. The number of ether oxygens (including phenoxy) is 1. The molecule has 1 N–H and O–H groups in total. The van der Waals surface area contributed by atoms with Gasteiger partial charge in [0.1, 0.15) is 5.52 Å². The molecule has 0 saturated carbocycles. The van der Waals surface area contributed by atoms with E-state index in [4.69, 9.17) is 0 Å². The molecule has 3 aromatic rings. The second-order valence-electron chi connectivity index (χ2n) is 5.42. The van der Waals surface area contributed by atoms with Crippen molar-refractivity contribution >= 4 is 17.0 Å². The van der Waals surface area contributed by atoms with E-state index in [1.807, 2.05) is 0 Å². The van der Waals surface area contributed by atoms with Gasteiger partial charge in [0.05, 0.1) is 17.7 Å². The van der Waals surface area contributed by atoms with Crippen molar-refractivity contribution < 1.29 is 22.7 Å². The summed E-state index contributed by atoms with van der Waals surface area (Å²) in [6.45, 7) is 1.48. The van der Waals surface area contributed by atoms with Gasteiger partial charge in [-0.3, -0.25) is 4.79 Å². The molecule has 0 amide bonds. The number of nitrogens with one attached hydrogen (secondary N) is 1. The first-order valence-electron chi connectivity index (χ1n) is 7.69. The van der Waals surface area contributed by atoms with Crippen LogP contribution < -0.4 is 5.56 Å². The summed E-state index contributed by atoms with van der Waals surface area (Å²) in [5.74, 6) is -1.07. The second kappa shape index (κ2) is 6.62. The Morgan fingerprint density at radius 3 is 2.46 bits per heavy atom. The van der Waals surface area contributed by atoms with Crippen molar-refractivity contribution in [2.24, 2.45) is 0 Å². The van der Waals surface area contributed by atoms with Crippen molar-refractivity contribution in [2.75, 3.05) is 6.61 Å². The van der Waals surface area contributed by atoms with Crippen LogP contribution in [0.2, 0.25) is 0 Å². The van der Waals surface area contributed by atoms with Gasteiger partial charge in [-0.05, 0) is 30.2 Å². The Hall–Kier alpha value is -3.16. The molecular formula is C18H13F3N2O3. The van der Waals surface area contributed by atoms with Crippen LogP contribution in [0.3, 0.4) is 0 Å². The van der Waals surface area contributed by atoms with E-state index in [-0.39, 0.29) is 17.7 Å². The number of alkyl halides is 3. The summed E-state index contributed by atoms with van der Waals surface area (Å²) < 4.78 is 45.3. The van der Waals surface area contributed by atoms with Crippen LogP contribution in [0.25, 0.3) is 22.2 Å². The molecule has 0 aliphatic heterocycles. The summed E-state index contributed by atoms with van der Waals surface area (Å²) in [6, 6.07) is 10.8. The number of halogens is 3. The molecule has 0 spiro atoms. The molecule has 0 unspecified atom stereocenters. The number of H-pyrrole nitrogens is 1. The number of carbonyl (C=O) groups is 1. The molecule has 0 aliphatic carbocycles. The number of fused-ring (bicyclic) bond motifs is 1. The Balaban J connectivity index is 2.31. The molecule has 3 rings (SSSR count). The first-order chi connectivity index (χ1) is 12.3. The fourth-order valence-electron chi connectivity index (χ4n) is 2.55. The fraction of sp³-hybridized carbons (Fsp3) is 0.167. The summed E-state index contributed by atoms with van der Waals surface area (Å²) >= 11 is 0. The number of nitrogens with zero attached hydrogens (tertiary/aromatic N) is 1. The highest BCUT2D eigenvalue weighted by Crippen LogP contribution is 2.36. The van der Waals surface area contributed by atoms with Gasteiger partial charge in [-0.25, -0.2) is 9.78 Å². The molecule has 0 atom stereocenters. The van der Waals surface area contributed by atoms with E-state index in [0.29, 0.717) is 5.56 Å². The van der Waals surface area contributed by atoms with Crippen LogP contribution in [0.1, 0.15) is 23.0 Å². The molecule has 0 saturated heterocycles. The zero-order chi connectivity index (χ0) is 18.9. The maximum absolute atomic E-state index is 13.5. The molecule has 1 heterocycles. The Labute approximate surface area is 145 Å². The minimum absolute atomic E-state index is 0.0307. The SMILES string of the molecule is CCOC(=O)c1nc2c(C(F)(F)F)cc(-c3ccccc3)cc2[nH]c1=O. The van der Waals surface area contributed by atoms with Gasteiger partial charge < -0.3 is 9.72 Å². The number of hydrogen-bond acceptors (Lipinski definition) is 4. The lowest BCUT2D eigenvalue weighted by Gasteiger charge is -2.13. The van der Waals surface area contributed by atoms with Gasteiger partial charge in [0.2, 0.25) is 5.69 Å². The Bertz CT molecular complexity index is 1030. The average molecular weight is 362 g/mol. The molecule has 1 aromatic heterocycles. The van der Waals surface area contributed by atoms with Crippen LogP contribution in [-0.4, -0.2) is 22.5 Å². The highest BCUT2D eigenvalue weighted by Gasteiger charge is 2.35. The molecule has 0 aliphatic rings. The lowest BCUT2D eigenvalue weighted by molar-refractivity contribution is -0.136. The third-order valence-corrected chi connectivity index (χ3v) is 3.68.